The van der Waals surface area contributed by atoms with Crippen molar-refractivity contribution in [1.29, 1.82) is 0 Å². The fourth-order valence-corrected chi connectivity index (χ4v) is 14.0. The van der Waals surface area contributed by atoms with Crippen LogP contribution in [0.15, 0.2) is 0 Å². The lowest BCUT2D eigenvalue weighted by Crippen LogP contribution is -2.30. The van der Waals surface area contributed by atoms with Gasteiger partial charge in [-0.25, -0.2) is 9.13 Å². The third-order valence-electron chi connectivity index (χ3n) is 18.8. The number of phosphoric acid groups is 2. The van der Waals surface area contributed by atoms with Gasteiger partial charge in [0.05, 0.1) is 26.4 Å². The molecule has 0 fully saturated rings. The Balaban J connectivity index is 5.19. The van der Waals surface area contributed by atoms with Crippen molar-refractivity contribution in [3.05, 3.63) is 0 Å². The SMILES string of the molecule is CCCCCCCCCCCCCCCCCCCCCCCCC(=O)O[C@H](COC(=O)CCCCCCCCCCCCCCCCC)COP(=O)(O)OC[C@@H](O)COP(=O)(O)OC[C@@H](COC(=O)CCCCCCCCC(C)C)OC(=O)CCCCCCCCCCCCCCC. The minimum Gasteiger partial charge on any atom is -0.462 e. The van der Waals surface area contributed by atoms with Crippen LogP contribution >= 0.6 is 15.6 Å². The molecule has 588 valence electrons. The smallest absolute Gasteiger partial charge is 0.462 e. The Labute approximate surface area is 607 Å². The molecule has 0 spiro atoms. The van der Waals surface area contributed by atoms with E-state index in [9.17, 15) is 43.2 Å². The summed E-state index contributed by atoms with van der Waals surface area (Å²) in [5.74, 6) is -1.43. The van der Waals surface area contributed by atoms with Gasteiger partial charge < -0.3 is 33.8 Å². The number of hydrogen-bond donors (Lipinski definition) is 3. The van der Waals surface area contributed by atoms with Crippen molar-refractivity contribution in [3.63, 3.8) is 0 Å². The van der Waals surface area contributed by atoms with Crippen LogP contribution in [0.25, 0.3) is 0 Å². The highest BCUT2D eigenvalue weighted by Crippen LogP contribution is 2.45. The highest BCUT2D eigenvalue weighted by molar-refractivity contribution is 7.47. The molecule has 0 aliphatic heterocycles. The number of aliphatic hydroxyl groups excluding tert-OH is 1. The first-order valence-corrected chi connectivity index (χ1v) is 44.6. The van der Waals surface area contributed by atoms with E-state index in [0.29, 0.717) is 31.6 Å². The maximum atomic E-state index is 13.1. The number of ether oxygens (including phenoxy) is 4. The van der Waals surface area contributed by atoms with Crippen molar-refractivity contribution in [3.8, 4) is 0 Å². The molecule has 3 N–H and O–H groups in total. The summed E-state index contributed by atoms with van der Waals surface area (Å²) in [5.41, 5.74) is 0. The fraction of sp³-hybridized carbons (Fsp3) is 0.950. The third kappa shape index (κ3) is 74.1. The van der Waals surface area contributed by atoms with E-state index in [2.05, 4.69) is 34.6 Å². The molecular formula is C80H156O17P2. The summed E-state index contributed by atoms with van der Waals surface area (Å²) in [6.45, 7) is 7.24. The van der Waals surface area contributed by atoms with Gasteiger partial charge >= 0.3 is 39.5 Å². The number of phosphoric ester groups is 2. The molecule has 0 rings (SSSR count). The summed E-state index contributed by atoms with van der Waals surface area (Å²) in [6, 6.07) is 0. The summed E-state index contributed by atoms with van der Waals surface area (Å²) in [7, 11) is -9.91. The Morgan fingerprint density at radius 1 is 0.273 bits per heavy atom. The van der Waals surface area contributed by atoms with Gasteiger partial charge in [-0.2, -0.15) is 0 Å². The molecule has 0 aliphatic carbocycles. The molecule has 0 amide bonds. The predicted molar refractivity (Wildman–Crippen MR) is 405 cm³/mol. The van der Waals surface area contributed by atoms with Gasteiger partial charge in [-0.1, -0.05) is 375 Å². The molecule has 2 unspecified atom stereocenters. The van der Waals surface area contributed by atoms with Gasteiger partial charge in [0.2, 0.25) is 0 Å². The third-order valence-corrected chi connectivity index (χ3v) is 20.7. The van der Waals surface area contributed by atoms with Crippen LogP contribution in [0.5, 0.6) is 0 Å². The van der Waals surface area contributed by atoms with E-state index < -0.39 is 97.5 Å². The number of esters is 4. The van der Waals surface area contributed by atoms with Crippen LogP contribution in [0.1, 0.15) is 426 Å². The largest absolute Gasteiger partial charge is 0.472 e. The summed E-state index contributed by atoms with van der Waals surface area (Å²) in [5, 5.41) is 10.6. The zero-order chi connectivity index (χ0) is 72.7. The zero-order valence-electron chi connectivity index (χ0n) is 64.6. The molecule has 5 atom stereocenters. The van der Waals surface area contributed by atoms with Crippen molar-refractivity contribution in [2.45, 2.75) is 445 Å². The number of carbonyl (C=O) groups excluding carboxylic acids is 4. The summed E-state index contributed by atoms with van der Waals surface area (Å²) in [4.78, 5) is 72.9. The normalized spacial score (nSPS) is 13.9. The van der Waals surface area contributed by atoms with E-state index in [-0.39, 0.29) is 25.7 Å². The molecular weight excluding hydrogens is 1290 g/mol. The number of hydrogen-bond acceptors (Lipinski definition) is 15. The first-order valence-electron chi connectivity index (χ1n) is 41.6. The van der Waals surface area contributed by atoms with E-state index in [1.807, 2.05) is 0 Å². The van der Waals surface area contributed by atoms with Gasteiger partial charge in [-0.15, -0.1) is 0 Å². The van der Waals surface area contributed by atoms with E-state index in [1.165, 1.54) is 244 Å². The van der Waals surface area contributed by atoms with E-state index in [1.54, 1.807) is 0 Å². The Kier molecular flexibility index (Phi) is 71.6. The van der Waals surface area contributed by atoms with E-state index in [4.69, 9.17) is 37.0 Å². The summed E-state index contributed by atoms with van der Waals surface area (Å²) < 4.78 is 68.6. The van der Waals surface area contributed by atoms with Crippen molar-refractivity contribution >= 4 is 39.5 Å². The molecule has 0 aromatic carbocycles. The lowest BCUT2D eigenvalue weighted by molar-refractivity contribution is -0.161. The minimum atomic E-state index is -4.96. The van der Waals surface area contributed by atoms with Crippen molar-refractivity contribution in [1.82, 2.24) is 0 Å². The fourth-order valence-electron chi connectivity index (χ4n) is 12.4. The molecule has 0 heterocycles. The molecule has 0 radical (unpaired) electrons. The zero-order valence-corrected chi connectivity index (χ0v) is 66.4. The second-order valence-corrected chi connectivity index (χ2v) is 32.2. The van der Waals surface area contributed by atoms with Gasteiger partial charge in [0, 0.05) is 25.7 Å². The van der Waals surface area contributed by atoms with Gasteiger partial charge in [0.25, 0.3) is 0 Å². The van der Waals surface area contributed by atoms with Gasteiger partial charge in [0.1, 0.15) is 19.3 Å². The lowest BCUT2D eigenvalue weighted by Gasteiger charge is -2.21. The average Bonchev–Trinajstić information content (AvgIpc) is 0.994. The summed E-state index contributed by atoms with van der Waals surface area (Å²) >= 11 is 0. The van der Waals surface area contributed by atoms with Gasteiger partial charge in [-0.3, -0.25) is 37.3 Å². The van der Waals surface area contributed by atoms with Crippen molar-refractivity contribution < 1.29 is 80.2 Å². The maximum absolute atomic E-state index is 13.1. The monoisotopic (exact) mass is 1450 g/mol. The van der Waals surface area contributed by atoms with Crippen LogP contribution in [0.4, 0.5) is 0 Å². The van der Waals surface area contributed by atoms with Gasteiger partial charge in [-0.05, 0) is 31.6 Å². The predicted octanol–water partition coefficient (Wildman–Crippen LogP) is 24.0. The molecule has 0 aromatic rings. The molecule has 17 nitrogen and oxygen atoms in total. The number of aliphatic hydroxyl groups is 1. The molecule has 19 heteroatoms. The number of carbonyl (C=O) groups is 4. The first-order chi connectivity index (χ1) is 48.0. The highest BCUT2D eigenvalue weighted by atomic mass is 31.2. The van der Waals surface area contributed by atoms with Crippen LogP contribution in [-0.4, -0.2) is 96.7 Å². The first kappa shape index (κ1) is 97.1. The second-order valence-electron chi connectivity index (χ2n) is 29.3. The minimum absolute atomic E-state index is 0.107. The van der Waals surface area contributed by atoms with Crippen LogP contribution < -0.4 is 0 Å². The van der Waals surface area contributed by atoms with Crippen LogP contribution in [0.3, 0.4) is 0 Å². The molecule has 99 heavy (non-hydrogen) atoms. The van der Waals surface area contributed by atoms with Crippen molar-refractivity contribution in [2.75, 3.05) is 39.6 Å². The van der Waals surface area contributed by atoms with E-state index >= 15 is 0 Å². The molecule has 0 aromatic heterocycles. The number of unbranched alkanes of at least 4 members (excludes halogenated alkanes) is 52. The Hall–Kier alpha value is -1.94. The topological polar surface area (TPSA) is 237 Å². The lowest BCUT2D eigenvalue weighted by atomic mass is 10.0. The highest BCUT2D eigenvalue weighted by Gasteiger charge is 2.30. The molecule has 0 bridgehead atoms. The Bertz CT molecular complexity index is 1890. The number of rotatable bonds is 80. The Morgan fingerprint density at radius 2 is 0.465 bits per heavy atom. The maximum Gasteiger partial charge on any atom is 0.472 e. The van der Waals surface area contributed by atoms with Crippen LogP contribution in [0.2, 0.25) is 0 Å². The quantitative estimate of drug-likeness (QED) is 0.0222. The molecule has 0 saturated carbocycles. The molecule has 0 saturated heterocycles. The van der Waals surface area contributed by atoms with Gasteiger partial charge in [0.15, 0.2) is 12.2 Å². The molecule has 0 aliphatic rings. The Morgan fingerprint density at radius 3 is 0.687 bits per heavy atom. The summed E-state index contributed by atoms with van der Waals surface area (Å²) in [6.07, 6.45) is 64.1. The van der Waals surface area contributed by atoms with Crippen molar-refractivity contribution in [2.24, 2.45) is 5.92 Å². The van der Waals surface area contributed by atoms with Crippen LogP contribution in [-0.2, 0) is 65.4 Å². The second kappa shape index (κ2) is 73.0. The van der Waals surface area contributed by atoms with E-state index in [0.717, 1.165) is 96.3 Å². The van der Waals surface area contributed by atoms with Crippen LogP contribution in [0, 0.1) is 5.92 Å². The standard InChI is InChI=1S/C80H156O17P2/c1-6-9-12-15-18-21-24-27-29-30-31-32-33-34-35-37-40-43-46-49-56-61-66-79(84)96-75(69-90-77(82)63-58-53-47-44-41-39-36-28-25-22-19-16-13-10-7-2)71-94-98(86,87)92-67-74(81)68-93-99(88,89)95-72-76(70-91-78(83)64-59-54-51-50-52-57-62-73(4)5)97-80(85)65-60-55-48-45-42-38-26-23-20-17-14-11-8-3/h73-76,81H,6-72H2,1-5H3,(H,86,87)(H,88,89)/t74-,75-,76-/m1/s1. The average molecular weight is 1450 g/mol.